The van der Waals surface area contributed by atoms with Crippen LogP contribution < -0.4 is 5.32 Å². The van der Waals surface area contributed by atoms with Gasteiger partial charge in [-0.05, 0) is 31.2 Å². The number of benzene rings is 1. The van der Waals surface area contributed by atoms with Crippen LogP contribution >= 0.6 is 0 Å². The standard InChI is InChI=1S/C16H12F3N7O/c1-9(13-21-14(27-25-13)10-5-3-2-4-6-10)20-11-7-8-12-22-23-15(16(17,18)19)26(12)24-11/h2-9H,1H3,(H,20,24). The minimum Gasteiger partial charge on any atom is -0.359 e. The zero-order valence-electron chi connectivity index (χ0n) is 13.8. The van der Waals surface area contributed by atoms with Crippen LogP contribution in [0.15, 0.2) is 47.0 Å². The second kappa shape index (κ2) is 6.34. The molecule has 0 bridgehead atoms. The van der Waals surface area contributed by atoms with Gasteiger partial charge in [0.1, 0.15) is 5.82 Å². The van der Waals surface area contributed by atoms with Gasteiger partial charge in [-0.1, -0.05) is 23.4 Å². The number of halogens is 3. The molecule has 0 aliphatic rings. The number of anilines is 1. The van der Waals surface area contributed by atoms with Crippen molar-refractivity contribution in [1.82, 2.24) is 30.0 Å². The molecule has 138 valence electrons. The van der Waals surface area contributed by atoms with Gasteiger partial charge < -0.3 is 9.84 Å². The summed E-state index contributed by atoms with van der Waals surface area (Å²) in [5.41, 5.74) is 0.758. The molecule has 4 rings (SSSR count). The first kappa shape index (κ1) is 16.9. The zero-order valence-corrected chi connectivity index (χ0v) is 13.8. The predicted octanol–water partition coefficient (Wildman–Crippen LogP) is 3.37. The van der Waals surface area contributed by atoms with Crippen molar-refractivity contribution in [3.63, 3.8) is 0 Å². The molecule has 1 atom stereocenters. The third kappa shape index (κ3) is 3.30. The Morgan fingerprint density at radius 1 is 1.07 bits per heavy atom. The van der Waals surface area contributed by atoms with Gasteiger partial charge in [0.2, 0.25) is 0 Å². The molecule has 27 heavy (non-hydrogen) atoms. The first-order valence-corrected chi connectivity index (χ1v) is 7.87. The molecule has 1 aromatic carbocycles. The zero-order chi connectivity index (χ0) is 19.0. The number of hydrogen-bond acceptors (Lipinski definition) is 7. The Hall–Kier alpha value is -3.50. The van der Waals surface area contributed by atoms with E-state index in [0.29, 0.717) is 16.2 Å². The lowest BCUT2D eigenvalue weighted by Gasteiger charge is -2.11. The first-order valence-electron chi connectivity index (χ1n) is 7.87. The van der Waals surface area contributed by atoms with E-state index in [2.05, 4.69) is 30.8 Å². The molecule has 3 aromatic heterocycles. The van der Waals surface area contributed by atoms with Gasteiger partial charge in [0.15, 0.2) is 11.5 Å². The molecule has 0 saturated carbocycles. The van der Waals surface area contributed by atoms with Crippen molar-refractivity contribution >= 4 is 11.5 Å². The second-order valence-electron chi connectivity index (χ2n) is 5.70. The van der Waals surface area contributed by atoms with E-state index in [9.17, 15) is 13.2 Å². The first-order chi connectivity index (χ1) is 12.9. The molecule has 11 heteroatoms. The quantitative estimate of drug-likeness (QED) is 0.584. The van der Waals surface area contributed by atoms with Crippen molar-refractivity contribution in [3.05, 3.63) is 54.1 Å². The van der Waals surface area contributed by atoms with Crippen LogP contribution in [0.4, 0.5) is 19.0 Å². The Kier molecular flexibility index (Phi) is 3.98. The van der Waals surface area contributed by atoms with E-state index in [1.165, 1.54) is 12.1 Å². The minimum atomic E-state index is -4.66. The van der Waals surface area contributed by atoms with Crippen LogP contribution in [0.25, 0.3) is 17.1 Å². The molecule has 4 aromatic rings. The number of hydrogen-bond donors (Lipinski definition) is 1. The normalized spacial score (nSPS) is 13.0. The summed E-state index contributed by atoms with van der Waals surface area (Å²) in [6, 6.07) is 11.6. The largest absolute Gasteiger partial charge is 0.453 e. The van der Waals surface area contributed by atoms with Gasteiger partial charge in [0, 0.05) is 5.56 Å². The van der Waals surface area contributed by atoms with Gasteiger partial charge in [-0.25, -0.2) is 0 Å². The van der Waals surface area contributed by atoms with Crippen LogP contribution in [0.3, 0.4) is 0 Å². The van der Waals surface area contributed by atoms with Crippen LogP contribution in [0, 0.1) is 0 Å². The maximum atomic E-state index is 13.0. The molecule has 8 nitrogen and oxygen atoms in total. The number of nitrogens with one attached hydrogen (secondary N) is 1. The maximum absolute atomic E-state index is 13.0. The van der Waals surface area contributed by atoms with E-state index < -0.39 is 18.0 Å². The fourth-order valence-corrected chi connectivity index (χ4v) is 2.44. The lowest BCUT2D eigenvalue weighted by molar-refractivity contribution is -0.146. The van der Waals surface area contributed by atoms with Crippen LogP contribution in [-0.2, 0) is 6.18 Å². The third-order valence-corrected chi connectivity index (χ3v) is 3.73. The van der Waals surface area contributed by atoms with E-state index in [1.807, 2.05) is 30.3 Å². The number of aromatic nitrogens is 6. The predicted molar refractivity (Wildman–Crippen MR) is 87.6 cm³/mol. The van der Waals surface area contributed by atoms with Crippen molar-refractivity contribution in [2.45, 2.75) is 19.1 Å². The van der Waals surface area contributed by atoms with Crippen molar-refractivity contribution in [3.8, 4) is 11.5 Å². The molecular formula is C16H12F3N7O. The van der Waals surface area contributed by atoms with Crippen molar-refractivity contribution in [2.75, 3.05) is 5.32 Å². The second-order valence-corrected chi connectivity index (χ2v) is 5.70. The summed E-state index contributed by atoms with van der Waals surface area (Å²) in [5, 5.41) is 17.4. The van der Waals surface area contributed by atoms with Crippen molar-refractivity contribution in [1.29, 1.82) is 0 Å². The summed E-state index contributed by atoms with van der Waals surface area (Å²) >= 11 is 0. The third-order valence-electron chi connectivity index (χ3n) is 3.73. The molecular weight excluding hydrogens is 363 g/mol. The molecule has 1 N–H and O–H groups in total. The summed E-state index contributed by atoms with van der Waals surface area (Å²) in [7, 11) is 0. The van der Waals surface area contributed by atoms with E-state index >= 15 is 0 Å². The van der Waals surface area contributed by atoms with Gasteiger partial charge in [0.25, 0.3) is 11.7 Å². The summed E-state index contributed by atoms with van der Waals surface area (Å²) in [6.45, 7) is 1.74. The molecule has 0 spiro atoms. The highest BCUT2D eigenvalue weighted by Crippen LogP contribution is 2.28. The Morgan fingerprint density at radius 2 is 1.85 bits per heavy atom. The summed E-state index contributed by atoms with van der Waals surface area (Å²) < 4.78 is 44.7. The highest BCUT2D eigenvalue weighted by atomic mass is 19.4. The number of nitrogens with zero attached hydrogens (tertiary/aromatic N) is 6. The van der Waals surface area contributed by atoms with Crippen LogP contribution in [0.2, 0.25) is 0 Å². The van der Waals surface area contributed by atoms with Gasteiger partial charge in [-0.2, -0.15) is 22.7 Å². The fourth-order valence-electron chi connectivity index (χ4n) is 2.44. The summed E-state index contributed by atoms with van der Waals surface area (Å²) in [6.07, 6.45) is -4.66. The lowest BCUT2D eigenvalue weighted by Crippen LogP contribution is -2.15. The lowest BCUT2D eigenvalue weighted by atomic mass is 10.2. The van der Waals surface area contributed by atoms with E-state index in [4.69, 9.17) is 4.52 Å². The molecule has 0 aliphatic heterocycles. The van der Waals surface area contributed by atoms with Crippen molar-refractivity contribution in [2.24, 2.45) is 0 Å². The smallest absolute Gasteiger partial charge is 0.359 e. The van der Waals surface area contributed by atoms with Gasteiger partial charge in [-0.15, -0.1) is 15.3 Å². The number of alkyl halides is 3. The monoisotopic (exact) mass is 375 g/mol. The average Bonchev–Trinajstić information content (AvgIpc) is 3.29. The Labute approximate surface area is 150 Å². The van der Waals surface area contributed by atoms with Gasteiger partial charge in [-0.3, -0.25) is 0 Å². The van der Waals surface area contributed by atoms with Crippen LogP contribution in [0.5, 0.6) is 0 Å². The van der Waals surface area contributed by atoms with Crippen LogP contribution in [0.1, 0.15) is 24.6 Å². The Balaban J connectivity index is 1.58. The summed E-state index contributed by atoms with van der Waals surface area (Å²) in [5.74, 6) is -0.317. The van der Waals surface area contributed by atoms with E-state index in [-0.39, 0.29) is 11.5 Å². The van der Waals surface area contributed by atoms with E-state index in [0.717, 1.165) is 5.56 Å². The number of fused-ring (bicyclic) bond motifs is 1. The topological polar surface area (TPSA) is 94.0 Å². The Bertz CT molecular complexity index is 1070. The van der Waals surface area contributed by atoms with Gasteiger partial charge in [0.05, 0.1) is 6.04 Å². The molecule has 0 fully saturated rings. The van der Waals surface area contributed by atoms with Crippen molar-refractivity contribution < 1.29 is 17.7 Å². The Morgan fingerprint density at radius 3 is 2.59 bits per heavy atom. The van der Waals surface area contributed by atoms with E-state index in [1.54, 1.807) is 6.92 Å². The molecule has 1 unspecified atom stereocenters. The minimum absolute atomic E-state index is 0.00791. The highest BCUT2D eigenvalue weighted by molar-refractivity contribution is 5.52. The highest BCUT2D eigenvalue weighted by Gasteiger charge is 2.37. The summed E-state index contributed by atoms with van der Waals surface area (Å²) in [4.78, 5) is 4.31. The molecule has 0 aliphatic carbocycles. The average molecular weight is 375 g/mol. The van der Waals surface area contributed by atoms with Crippen LogP contribution in [-0.4, -0.2) is 30.0 Å². The fraction of sp³-hybridized carbons (Fsp3) is 0.188. The SMILES string of the molecule is CC(Nc1ccc2nnc(C(F)(F)F)n2n1)c1noc(-c2ccccc2)n1. The molecule has 3 heterocycles. The maximum Gasteiger partial charge on any atom is 0.453 e. The van der Waals surface area contributed by atoms with Gasteiger partial charge >= 0.3 is 6.18 Å². The molecule has 0 radical (unpaired) electrons. The molecule has 0 amide bonds. The molecule has 0 saturated heterocycles. The number of rotatable bonds is 4.